The number of anilines is 1. The summed E-state index contributed by atoms with van der Waals surface area (Å²) in [7, 11) is 0. The first-order chi connectivity index (χ1) is 23.3. The van der Waals surface area contributed by atoms with E-state index in [-0.39, 0.29) is 0 Å². The van der Waals surface area contributed by atoms with Gasteiger partial charge in [-0.15, -0.1) is 0 Å². The van der Waals surface area contributed by atoms with E-state index in [9.17, 15) is 0 Å². The van der Waals surface area contributed by atoms with E-state index < -0.39 is 0 Å². The van der Waals surface area contributed by atoms with Crippen LogP contribution in [0.3, 0.4) is 0 Å². The fourth-order valence-electron chi connectivity index (χ4n) is 7.52. The molecule has 0 heterocycles. The van der Waals surface area contributed by atoms with Crippen LogP contribution in [0.15, 0.2) is 24.8 Å². The van der Waals surface area contributed by atoms with Crippen LogP contribution in [-0.2, 0) is 6.42 Å². The van der Waals surface area contributed by atoms with Crippen molar-refractivity contribution >= 4 is 11.8 Å². The monoisotopic (exact) mass is 652 g/mol. The van der Waals surface area contributed by atoms with E-state index in [0.29, 0.717) is 0 Å². The highest BCUT2D eigenvalue weighted by atomic mass is 15.1. The fraction of sp³-hybridized carbons (Fsp3) is 0.826. The van der Waals surface area contributed by atoms with Crippen molar-refractivity contribution in [2.45, 2.75) is 233 Å². The van der Waals surface area contributed by atoms with Crippen molar-refractivity contribution in [1.82, 2.24) is 0 Å². The largest absolute Gasteiger partial charge is 0.371 e. The van der Waals surface area contributed by atoms with Gasteiger partial charge in [0.25, 0.3) is 0 Å². The maximum atomic E-state index is 4.12. The van der Waals surface area contributed by atoms with Gasteiger partial charge in [-0.1, -0.05) is 238 Å². The smallest absolute Gasteiger partial charge is 0.0404 e. The molecule has 0 aliphatic carbocycles. The van der Waals surface area contributed by atoms with Crippen molar-refractivity contribution < 1.29 is 0 Å². The maximum absolute atomic E-state index is 4.12. The quantitative estimate of drug-likeness (QED) is 0.0647. The van der Waals surface area contributed by atoms with Gasteiger partial charge in [0.15, 0.2) is 0 Å². The first-order valence-corrected chi connectivity index (χ1v) is 21.8. The Bertz CT molecular complexity index is 745. The van der Waals surface area contributed by atoms with Crippen LogP contribution in [0.2, 0.25) is 0 Å². The summed E-state index contributed by atoms with van der Waals surface area (Å²) in [4.78, 5) is 2.74. The molecule has 0 spiro atoms. The molecular formula is C46H85N. The molecule has 0 aromatic heterocycles. The lowest BCUT2D eigenvalue weighted by Crippen LogP contribution is -2.27. The fourth-order valence-corrected chi connectivity index (χ4v) is 7.52. The molecule has 1 aromatic carbocycles. The molecule has 274 valence electrons. The molecule has 1 nitrogen and oxygen atoms in total. The van der Waals surface area contributed by atoms with Gasteiger partial charge in [-0.3, -0.25) is 0 Å². The Hall–Kier alpha value is -1.24. The minimum atomic E-state index is 1.09. The van der Waals surface area contributed by atoms with Gasteiger partial charge in [-0.05, 0) is 36.5 Å². The zero-order valence-corrected chi connectivity index (χ0v) is 32.7. The molecule has 0 radical (unpaired) electrons. The third-order valence-electron chi connectivity index (χ3n) is 10.7. The molecule has 1 aromatic rings. The van der Waals surface area contributed by atoms with Crippen molar-refractivity contribution in [2.75, 3.05) is 18.0 Å². The normalized spacial score (nSPS) is 11.4. The van der Waals surface area contributed by atoms with Gasteiger partial charge in [0.1, 0.15) is 0 Å². The van der Waals surface area contributed by atoms with Crippen LogP contribution >= 0.6 is 0 Å². The third kappa shape index (κ3) is 25.4. The van der Waals surface area contributed by atoms with E-state index in [1.54, 1.807) is 0 Å². The number of nitrogens with zero attached hydrogens (tertiary/aromatic N) is 1. The third-order valence-corrected chi connectivity index (χ3v) is 10.7. The number of unbranched alkanes of at least 4 members (excludes halogenated alkanes) is 30. The molecule has 0 bridgehead atoms. The molecular weight excluding hydrogens is 567 g/mol. The van der Waals surface area contributed by atoms with E-state index in [0.717, 1.165) is 6.42 Å². The second kappa shape index (κ2) is 34.6. The minimum Gasteiger partial charge on any atom is -0.371 e. The Morgan fingerprint density at radius 1 is 0.426 bits per heavy atom. The molecule has 1 heteroatoms. The molecule has 0 amide bonds. The van der Waals surface area contributed by atoms with E-state index in [1.807, 2.05) is 0 Å². The van der Waals surface area contributed by atoms with Crippen molar-refractivity contribution in [3.8, 4) is 0 Å². The Balaban J connectivity index is 2.19. The molecule has 0 fully saturated rings. The summed E-state index contributed by atoms with van der Waals surface area (Å²) in [5, 5.41) is 0. The topological polar surface area (TPSA) is 3.24 Å². The van der Waals surface area contributed by atoms with Crippen LogP contribution in [0, 0.1) is 0 Å². The van der Waals surface area contributed by atoms with Crippen LogP contribution in [0.25, 0.3) is 6.08 Å². The van der Waals surface area contributed by atoms with E-state index in [4.69, 9.17) is 0 Å². The summed E-state index contributed by atoms with van der Waals surface area (Å²) in [5.74, 6) is 0. The van der Waals surface area contributed by atoms with Gasteiger partial charge in [0, 0.05) is 18.8 Å². The Morgan fingerprint density at radius 3 is 1.00 bits per heavy atom. The molecule has 0 aliphatic rings. The second-order valence-corrected chi connectivity index (χ2v) is 15.0. The van der Waals surface area contributed by atoms with Crippen LogP contribution in [0.4, 0.5) is 5.69 Å². The van der Waals surface area contributed by atoms with Gasteiger partial charge < -0.3 is 4.90 Å². The summed E-state index contributed by atoms with van der Waals surface area (Å²) in [6.45, 7) is 13.5. The Kier molecular flexibility index (Phi) is 32.2. The number of hydrogen-bond acceptors (Lipinski definition) is 1. The van der Waals surface area contributed by atoms with Gasteiger partial charge >= 0.3 is 0 Å². The van der Waals surface area contributed by atoms with E-state index in [1.165, 1.54) is 235 Å². The van der Waals surface area contributed by atoms with Crippen molar-refractivity contribution in [1.29, 1.82) is 0 Å². The maximum Gasteiger partial charge on any atom is 0.0404 e. The Labute approximate surface area is 297 Å². The minimum absolute atomic E-state index is 1.09. The lowest BCUT2D eigenvalue weighted by Gasteiger charge is -2.28. The molecule has 0 atom stereocenters. The lowest BCUT2D eigenvalue weighted by molar-refractivity contribution is 0.524. The predicted octanol–water partition coefficient (Wildman–Crippen LogP) is 16.2. The lowest BCUT2D eigenvalue weighted by atomic mass is 10.0. The van der Waals surface area contributed by atoms with E-state index >= 15 is 0 Å². The molecule has 1 rings (SSSR count). The summed E-state index contributed by atoms with van der Waals surface area (Å²) >= 11 is 0. The van der Waals surface area contributed by atoms with E-state index in [2.05, 4.69) is 56.5 Å². The molecule has 47 heavy (non-hydrogen) atoms. The summed E-state index contributed by atoms with van der Waals surface area (Å²) in [6.07, 6.45) is 49.1. The first-order valence-electron chi connectivity index (χ1n) is 21.8. The van der Waals surface area contributed by atoms with Gasteiger partial charge in [-0.2, -0.15) is 0 Å². The number of benzene rings is 1. The Morgan fingerprint density at radius 2 is 0.723 bits per heavy atom. The highest BCUT2D eigenvalue weighted by Gasteiger charge is 2.12. The van der Waals surface area contributed by atoms with Crippen molar-refractivity contribution in [2.24, 2.45) is 0 Å². The van der Waals surface area contributed by atoms with Crippen LogP contribution < -0.4 is 4.90 Å². The van der Waals surface area contributed by atoms with Gasteiger partial charge in [-0.25, -0.2) is 0 Å². The average molecular weight is 652 g/mol. The zero-order chi connectivity index (χ0) is 33.9. The summed E-state index contributed by atoms with van der Waals surface area (Å²) in [6, 6.07) is 6.88. The first kappa shape index (κ1) is 43.8. The summed E-state index contributed by atoms with van der Waals surface area (Å²) < 4.78 is 0. The number of rotatable bonds is 37. The highest BCUT2D eigenvalue weighted by Crippen LogP contribution is 2.27. The predicted molar refractivity (Wildman–Crippen MR) is 217 cm³/mol. The van der Waals surface area contributed by atoms with Crippen molar-refractivity contribution in [3.63, 3.8) is 0 Å². The summed E-state index contributed by atoms with van der Waals surface area (Å²) in [5.41, 5.74) is 4.30. The second-order valence-electron chi connectivity index (χ2n) is 15.0. The molecule has 0 aliphatic heterocycles. The van der Waals surface area contributed by atoms with Crippen LogP contribution in [0.1, 0.15) is 237 Å². The van der Waals surface area contributed by atoms with Crippen molar-refractivity contribution in [3.05, 3.63) is 35.9 Å². The molecule has 0 saturated heterocycles. The van der Waals surface area contributed by atoms with Gasteiger partial charge in [0.2, 0.25) is 0 Å². The van der Waals surface area contributed by atoms with Gasteiger partial charge in [0.05, 0.1) is 0 Å². The average Bonchev–Trinajstić information content (AvgIpc) is 3.09. The number of hydrogen-bond donors (Lipinski definition) is 0. The standard InChI is InChI=1S/C46H85N/c1-5-9-11-13-15-17-19-21-23-25-27-29-31-33-35-37-42-47(46-41-39-40-44(7-3)45(46)8-4)43-38-36-34-32-30-28-26-24-22-20-18-16-14-12-10-6-2/h7,39-41H,3,5-6,8-38,42-43H2,1-2,4H3. The van der Waals surface area contributed by atoms with Crippen LogP contribution in [-0.4, -0.2) is 13.1 Å². The molecule has 0 saturated carbocycles. The SMILES string of the molecule is C=Cc1cccc(N(CCCCCCCCCCCCCCCCCC)CCCCCCCCCCCCCCCCCC)c1CC. The zero-order valence-electron chi connectivity index (χ0n) is 32.7. The van der Waals surface area contributed by atoms with Crippen LogP contribution in [0.5, 0.6) is 0 Å². The highest BCUT2D eigenvalue weighted by molar-refractivity contribution is 5.65. The molecule has 0 N–H and O–H groups in total. The molecule has 0 unspecified atom stereocenters.